The molecule has 3 aromatic rings. The molecule has 3 rings (SSSR count). The summed E-state index contributed by atoms with van der Waals surface area (Å²) in [7, 11) is 3.49. The van der Waals surface area contributed by atoms with Crippen LogP contribution >= 0.6 is 0 Å². The molecule has 0 aliphatic carbocycles. The number of pyridine rings is 1. The van der Waals surface area contributed by atoms with Gasteiger partial charge in [-0.15, -0.1) is 0 Å². The number of nitrogens with zero attached hydrogens (tertiary/aromatic N) is 2. The van der Waals surface area contributed by atoms with Gasteiger partial charge in [-0.3, -0.25) is 9.78 Å². The Labute approximate surface area is 252 Å². The molecule has 8 heteroatoms. The maximum absolute atomic E-state index is 12.5. The second-order valence-electron chi connectivity index (χ2n) is 10.4. The Morgan fingerprint density at radius 1 is 1.12 bits per heavy atom. The van der Waals surface area contributed by atoms with Crippen LogP contribution in [-0.2, 0) is 25.5 Å². The molecule has 7 nitrogen and oxygen atoms in total. The van der Waals surface area contributed by atoms with Crippen molar-refractivity contribution >= 4 is 23.5 Å². The van der Waals surface area contributed by atoms with Crippen molar-refractivity contribution in [2.24, 2.45) is 5.41 Å². The molecule has 0 fully saturated rings. The lowest BCUT2D eigenvalue weighted by Gasteiger charge is -2.34. The van der Waals surface area contributed by atoms with E-state index < -0.39 is 5.82 Å². The molecule has 1 amide bonds. The Morgan fingerprint density at radius 3 is 2.21 bits per heavy atom. The van der Waals surface area contributed by atoms with Crippen LogP contribution in [0.4, 0.5) is 4.39 Å². The highest BCUT2D eigenvalue weighted by Gasteiger charge is 2.27. The zero-order chi connectivity index (χ0) is 31.6. The minimum absolute atomic E-state index is 0. The number of fused-ring (bicyclic) bond motifs is 1. The van der Waals surface area contributed by atoms with E-state index in [9.17, 15) is 9.18 Å². The summed E-state index contributed by atoms with van der Waals surface area (Å²) in [5.74, 6) is -0.0515. The standard InChI is InChI=1S/C14H27NO3.C10H9N.C8H9FO.CH2O.CH4/c1-11(2)18-9-13(15(6)12(3)16)8-14(4,5)10-17-7;1-8-6-9-4-2-3-5-10(9)7-11-8;1-2-6-4-3-5-7(9)8(6)10;1-2;/h13H,1,8-10H2,2-7H3;2-7H,1H3;3-5,10H,2H2,1H3;1H2;1H4. The van der Waals surface area contributed by atoms with Gasteiger partial charge >= 0.3 is 0 Å². The number of phenols is 1. The van der Waals surface area contributed by atoms with Crippen LogP contribution in [-0.4, -0.2) is 61.1 Å². The van der Waals surface area contributed by atoms with Crippen molar-refractivity contribution < 1.29 is 28.6 Å². The Kier molecular flexibility index (Phi) is 20.2. The third-order valence-electron chi connectivity index (χ3n) is 6.11. The van der Waals surface area contributed by atoms with Crippen molar-refractivity contribution in [3.05, 3.63) is 84.1 Å². The molecule has 2 aromatic carbocycles. The van der Waals surface area contributed by atoms with E-state index in [1.54, 1.807) is 38.1 Å². The van der Waals surface area contributed by atoms with Gasteiger partial charge in [0, 0.05) is 38.4 Å². The lowest BCUT2D eigenvalue weighted by atomic mass is 9.86. The summed E-state index contributed by atoms with van der Waals surface area (Å²) in [5, 5.41) is 11.5. The van der Waals surface area contributed by atoms with Gasteiger partial charge in [-0.05, 0) is 55.2 Å². The van der Waals surface area contributed by atoms with E-state index in [2.05, 4.69) is 43.6 Å². The minimum atomic E-state index is -0.542. The maximum atomic E-state index is 12.5. The molecule has 1 atom stereocenters. The van der Waals surface area contributed by atoms with Gasteiger partial charge in [-0.1, -0.05) is 71.2 Å². The van der Waals surface area contributed by atoms with E-state index in [0.29, 0.717) is 31.0 Å². The SMILES string of the molecule is C.C=C(C)OCC(CC(C)(C)COC)N(C)C(C)=O.C=O.CCc1cccc(F)c1O.Cc1cc2ccccc2cn1. The van der Waals surface area contributed by atoms with Gasteiger partial charge in [0.1, 0.15) is 13.4 Å². The van der Waals surface area contributed by atoms with Crippen molar-refractivity contribution in [1.82, 2.24) is 9.88 Å². The monoisotopic (exact) mass is 586 g/mol. The average Bonchev–Trinajstić information content (AvgIpc) is 2.93. The fraction of sp³-hybridized carbons (Fsp3) is 0.441. The van der Waals surface area contributed by atoms with E-state index in [0.717, 1.165) is 12.1 Å². The summed E-state index contributed by atoms with van der Waals surface area (Å²) < 4.78 is 23.2. The number of halogens is 1. The molecule has 0 aliphatic rings. The first-order valence-corrected chi connectivity index (χ1v) is 13.4. The number of hydrogen-bond donors (Lipinski definition) is 1. The summed E-state index contributed by atoms with van der Waals surface area (Å²) >= 11 is 0. The van der Waals surface area contributed by atoms with Gasteiger partial charge in [0.2, 0.25) is 5.91 Å². The number of benzene rings is 2. The smallest absolute Gasteiger partial charge is 0.219 e. The first-order valence-electron chi connectivity index (χ1n) is 13.4. The second kappa shape index (κ2) is 21.0. The van der Waals surface area contributed by atoms with E-state index in [1.165, 1.54) is 16.8 Å². The molecular weight excluding hydrogens is 535 g/mol. The first kappa shape index (κ1) is 40.4. The second-order valence-corrected chi connectivity index (χ2v) is 10.4. The summed E-state index contributed by atoms with van der Waals surface area (Å²) in [4.78, 5) is 25.4. The van der Waals surface area contributed by atoms with Crippen molar-refractivity contribution in [2.45, 2.75) is 67.9 Å². The number of carbonyl (C=O) groups excluding carboxylic acids is 2. The predicted molar refractivity (Wildman–Crippen MR) is 171 cm³/mol. The van der Waals surface area contributed by atoms with Crippen LogP contribution in [0, 0.1) is 18.2 Å². The molecule has 0 spiro atoms. The molecule has 0 saturated heterocycles. The number of ether oxygens (including phenoxy) is 2. The zero-order valence-corrected chi connectivity index (χ0v) is 25.9. The minimum Gasteiger partial charge on any atom is -0.505 e. The summed E-state index contributed by atoms with van der Waals surface area (Å²) in [6, 6.07) is 14.9. The quantitative estimate of drug-likeness (QED) is 0.261. The fourth-order valence-electron chi connectivity index (χ4n) is 3.93. The molecule has 1 aromatic heterocycles. The Balaban J connectivity index is 0. The maximum Gasteiger partial charge on any atom is 0.219 e. The van der Waals surface area contributed by atoms with Gasteiger partial charge < -0.3 is 24.3 Å². The van der Waals surface area contributed by atoms with Crippen molar-refractivity contribution in [3.63, 3.8) is 0 Å². The number of rotatable bonds is 9. The predicted octanol–water partition coefficient (Wildman–Crippen LogP) is 7.53. The van der Waals surface area contributed by atoms with Gasteiger partial charge in [0.25, 0.3) is 0 Å². The van der Waals surface area contributed by atoms with E-state index >= 15 is 0 Å². The number of carbonyl (C=O) groups is 2. The third kappa shape index (κ3) is 15.3. The van der Waals surface area contributed by atoms with Gasteiger partial charge in [0.15, 0.2) is 11.6 Å². The number of phenolic OH excluding ortho intramolecular Hbond substituents is 1. The highest BCUT2D eigenvalue weighted by Crippen LogP contribution is 2.25. The number of amides is 1. The number of para-hydroxylation sites is 1. The van der Waals surface area contributed by atoms with E-state index in [1.807, 2.05) is 45.9 Å². The van der Waals surface area contributed by atoms with Crippen molar-refractivity contribution in [1.29, 1.82) is 0 Å². The largest absolute Gasteiger partial charge is 0.505 e. The van der Waals surface area contributed by atoms with Crippen LogP contribution in [0.25, 0.3) is 10.8 Å². The molecule has 42 heavy (non-hydrogen) atoms. The Morgan fingerprint density at radius 2 is 1.71 bits per heavy atom. The highest BCUT2D eigenvalue weighted by molar-refractivity contribution is 5.81. The average molecular weight is 587 g/mol. The molecule has 1 unspecified atom stereocenters. The molecule has 1 heterocycles. The Hall–Kier alpha value is -3.78. The number of methoxy groups -OCH3 is 1. The number of hydrogen-bond acceptors (Lipinski definition) is 6. The first-order chi connectivity index (χ1) is 19.3. The van der Waals surface area contributed by atoms with Crippen LogP contribution in [0.3, 0.4) is 0 Å². The number of aryl methyl sites for hydroxylation is 2. The highest BCUT2D eigenvalue weighted by atomic mass is 19.1. The molecule has 1 N–H and O–H groups in total. The number of likely N-dealkylation sites (N-methyl/N-ethyl adjacent to an activating group) is 1. The van der Waals surface area contributed by atoms with Gasteiger partial charge in [0.05, 0.1) is 18.4 Å². The third-order valence-corrected chi connectivity index (χ3v) is 6.11. The molecule has 234 valence electrons. The zero-order valence-electron chi connectivity index (χ0n) is 25.9. The van der Waals surface area contributed by atoms with Crippen LogP contribution in [0.1, 0.15) is 59.7 Å². The topological polar surface area (TPSA) is 89.0 Å². The molecular formula is C34H51FN2O5. The molecule has 0 aliphatic heterocycles. The summed E-state index contributed by atoms with van der Waals surface area (Å²) in [5.41, 5.74) is 1.73. The van der Waals surface area contributed by atoms with Crippen LogP contribution < -0.4 is 0 Å². The fourth-order valence-corrected chi connectivity index (χ4v) is 3.93. The summed E-state index contributed by atoms with van der Waals surface area (Å²) in [6.45, 7) is 18.3. The molecule has 0 radical (unpaired) electrons. The number of allylic oxidation sites excluding steroid dienone is 1. The molecule has 0 bridgehead atoms. The Bertz CT molecular complexity index is 1220. The normalized spacial score (nSPS) is 10.7. The lowest BCUT2D eigenvalue weighted by Crippen LogP contribution is -2.42. The van der Waals surface area contributed by atoms with Crippen LogP contribution in [0.2, 0.25) is 0 Å². The van der Waals surface area contributed by atoms with Gasteiger partial charge in [-0.2, -0.15) is 0 Å². The lowest BCUT2D eigenvalue weighted by molar-refractivity contribution is -0.131. The van der Waals surface area contributed by atoms with Crippen LogP contribution in [0.5, 0.6) is 5.75 Å². The molecule has 0 saturated carbocycles. The number of aromatic hydroxyl groups is 1. The van der Waals surface area contributed by atoms with Crippen molar-refractivity contribution in [3.8, 4) is 5.75 Å². The van der Waals surface area contributed by atoms with Gasteiger partial charge in [-0.25, -0.2) is 4.39 Å². The van der Waals surface area contributed by atoms with E-state index in [4.69, 9.17) is 19.4 Å². The van der Waals surface area contributed by atoms with E-state index in [-0.39, 0.29) is 30.5 Å². The van der Waals surface area contributed by atoms with Crippen LogP contribution in [0.15, 0.2) is 67.1 Å². The van der Waals surface area contributed by atoms with Crippen molar-refractivity contribution in [2.75, 3.05) is 27.4 Å². The summed E-state index contributed by atoms with van der Waals surface area (Å²) in [6.07, 6.45) is 3.39. The number of aromatic nitrogens is 1.